The van der Waals surface area contributed by atoms with Crippen LogP contribution in [0.4, 0.5) is 0 Å². The van der Waals surface area contributed by atoms with Gasteiger partial charge in [0.25, 0.3) is 5.91 Å². The van der Waals surface area contributed by atoms with E-state index in [1.807, 2.05) is 18.2 Å². The molecule has 0 atom stereocenters. The first-order chi connectivity index (χ1) is 14.5. The fourth-order valence-corrected chi connectivity index (χ4v) is 4.38. The van der Waals surface area contributed by atoms with Crippen molar-refractivity contribution in [3.63, 3.8) is 0 Å². The Balaban J connectivity index is 1.40. The molecular weight excluding hydrogens is 400 g/mol. The SMILES string of the molecule is O=C(c1ccc(S(=O)(=O)NCc2ccco2)cc1)N1CC=C(c2ccccc2)CC1. The summed E-state index contributed by atoms with van der Waals surface area (Å²) in [4.78, 5) is 14.7. The number of hydrogen-bond acceptors (Lipinski definition) is 4. The smallest absolute Gasteiger partial charge is 0.254 e. The minimum absolute atomic E-state index is 0.0693. The minimum atomic E-state index is -3.69. The number of amides is 1. The van der Waals surface area contributed by atoms with Crippen LogP contribution < -0.4 is 4.72 Å². The van der Waals surface area contributed by atoms with Crippen molar-refractivity contribution in [2.45, 2.75) is 17.9 Å². The maximum absolute atomic E-state index is 12.8. The molecule has 0 spiro atoms. The first-order valence-electron chi connectivity index (χ1n) is 9.69. The van der Waals surface area contributed by atoms with Crippen molar-refractivity contribution in [2.24, 2.45) is 0 Å². The Bertz CT molecular complexity index is 1140. The molecular formula is C23H22N2O4S. The maximum atomic E-state index is 12.8. The molecule has 1 amide bonds. The molecule has 6 nitrogen and oxygen atoms in total. The summed E-state index contributed by atoms with van der Waals surface area (Å²) in [6.45, 7) is 1.23. The van der Waals surface area contributed by atoms with Crippen molar-refractivity contribution in [3.05, 3.63) is 96.0 Å². The second-order valence-electron chi connectivity index (χ2n) is 7.02. The van der Waals surface area contributed by atoms with E-state index in [2.05, 4.69) is 22.9 Å². The van der Waals surface area contributed by atoms with Crippen molar-refractivity contribution >= 4 is 21.5 Å². The first kappa shape index (κ1) is 20.1. The number of sulfonamides is 1. The summed E-state index contributed by atoms with van der Waals surface area (Å²) >= 11 is 0. The Morgan fingerprint density at radius 2 is 1.77 bits per heavy atom. The Morgan fingerprint density at radius 3 is 2.40 bits per heavy atom. The molecule has 1 aliphatic heterocycles. The molecule has 154 valence electrons. The molecule has 7 heteroatoms. The summed E-state index contributed by atoms with van der Waals surface area (Å²) in [5, 5.41) is 0. The molecule has 0 aliphatic carbocycles. The lowest BCUT2D eigenvalue weighted by molar-refractivity contribution is 0.0772. The Labute approximate surface area is 175 Å². The highest BCUT2D eigenvalue weighted by molar-refractivity contribution is 7.89. The van der Waals surface area contributed by atoms with Crippen LogP contribution in [0.25, 0.3) is 5.57 Å². The highest BCUT2D eigenvalue weighted by Crippen LogP contribution is 2.23. The maximum Gasteiger partial charge on any atom is 0.254 e. The number of carbonyl (C=O) groups is 1. The Kier molecular flexibility index (Phi) is 5.83. The summed E-state index contributed by atoms with van der Waals surface area (Å²) < 4.78 is 32.5. The number of benzene rings is 2. The topological polar surface area (TPSA) is 79.6 Å². The molecule has 30 heavy (non-hydrogen) atoms. The molecule has 1 N–H and O–H groups in total. The molecule has 4 rings (SSSR count). The number of furan rings is 1. The Morgan fingerprint density at radius 1 is 1.00 bits per heavy atom. The van der Waals surface area contributed by atoms with E-state index in [0.717, 1.165) is 6.42 Å². The molecule has 2 aromatic carbocycles. The lowest BCUT2D eigenvalue weighted by Gasteiger charge is -2.27. The van der Waals surface area contributed by atoms with Crippen LogP contribution in [0, 0.1) is 0 Å². The average Bonchev–Trinajstić information content (AvgIpc) is 3.32. The third kappa shape index (κ3) is 4.53. The van der Waals surface area contributed by atoms with Crippen LogP contribution >= 0.6 is 0 Å². The summed E-state index contributed by atoms with van der Waals surface area (Å²) in [7, 11) is -3.69. The van der Waals surface area contributed by atoms with Crippen LogP contribution in [0.5, 0.6) is 0 Å². The molecule has 2 heterocycles. The molecule has 3 aromatic rings. The van der Waals surface area contributed by atoms with Crippen molar-refractivity contribution in [3.8, 4) is 0 Å². The summed E-state index contributed by atoms with van der Waals surface area (Å²) in [6.07, 6.45) is 4.36. The Hall–Kier alpha value is -3.16. The number of nitrogens with one attached hydrogen (secondary N) is 1. The van der Waals surface area contributed by atoms with E-state index < -0.39 is 10.0 Å². The molecule has 0 radical (unpaired) electrons. The third-order valence-electron chi connectivity index (χ3n) is 5.07. The largest absolute Gasteiger partial charge is 0.468 e. The van der Waals surface area contributed by atoms with Gasteiger partial charge in [0.15, 0.2) is 0 Å². The van der Waals surface area contributed by atoms with E-state index in [0.29, 0.717) is 24.4 Å². The van der Waals surface area contributed by atoms with E-state index in [1.165, 1.54) is 29.5 Å². The van der Waals surface area contributed by atoms with Gasteiger partial charge in [-0.3, -0.25) is 4.79 Å². The van der Waals surface area contributed by atoms with Gasteiger partial charge in [0, 0.05) is 18.7 Å². The molecule has 1 aromatic heterocycles. The van der Waals surface area contributed by atoms with E-state index in [4.69, 9.17) is 4.42 Å². The number of hydrogen-bond donors (Lipinski definition) is 1. The summed E-state index contributed by atoms with van der Waals surface area (Å²) in [6, 6.07) is 19.5. The van der Waals surface area contributed by atoms with Gasteiger partial charge in [-0.25, -0.2) is 13.1 Å². The first-order valence-corrected chi connectivity index (χ1v) is 11.2. The zero-order chi connectivity index (χ0) is 21.0. The zero-order valence-corrected chi connectivity index (χ0v) is 17.1. The molecule has 0 saturated carbocycles. The molecule has 1 aliphatic rings. The molecule has 0 saturated heterocycles. The van der Waals surface area contributed by atoms with Gasteiger partial charge in [0.2, 0.25) is 10.0 Å². The lowest BCUT2D eigenvalue weighted by atomic mass is 9.99. The predicted octanol–water partition coefficient (Wildman–Crippen LogP) is 3.69. The number of carbonyl (C=O) groups excluding carboxylic acids is 1. The van der Waals surface area contributed by atoms with Crippen LogP contribution in [0.2, 0.25) is 0 Å². The molecule has 0 unspecified atom stereocenters. The summed E-state index contributed by atoms with van der Waals surface area (Å²) in [5.74, 6) is 0.421. The van der Waals surface area contributed by atoms with Gasteiger partial charge in [-0.15, -0.1) is 0 Å². The normalized spacial score (nSPS) is 14.4. The van der Waals surface area contributed by atoms with Gasteiger partial charge < -0.3 is 9.32 Å². The van der Waals surface area contributed by atoms with Crippen LogP contribution in [-0.4, -0.2) is 32.3 Å². The zero-order valence-electron chi connectivity index (χ0n) is 16.3. The van der Waals surface area contributed by atoms with Crippen LogP contribution in [0.3, 0.4) is 0 Å². The second kappa shape index (κ2) is 8.69. The van der Waals surface area contributed by atoms with Crippen LogP contribution in [-0.2, 0) is 16.6 Å². The van der Waals surface area contributed by atoms with Gasteiger partial charge in [0.1, 0.15) is 5.76 Å². The average molecular weight is 423 g/mol. The van der Waals surface area contributed by atoms with E-state index in [-0.39, 0.29) is 17.3 Å². The monoisotopic (exact) mass is 422 g/mol. The lowest BCUT2D eigenvalue weighted by Crippen LogP contribution is -2.34. The van der Waals surface area contributed by atoms with Crippen molar-refractivity contribution in [1.29, 1.82) is 0 Å². The van der Waals surface area contributed by atoms with Crippen LogP contribution in [0.15, 0.2) is 88.4 Å². The molecule has 0 bridgehead atoms. The highest BCUT2D eigenvalue weighted by Gasteiger charge is 2.20. The van der Waals surface area contributed by atoms with Gasteiger partial charge in [-0.1, -0.05) is 36.4 Å². The van der Waals surface area contributed by atoms with E-state index >= 15 is 0 Å². The fraction of sp³-hybridized carbons (Fsp3) is 0.174. The van der Waals surface area contributed by atoms with Gasteiger partial charge in [-0.2, -0.15) is 0 Å². The third-order valence-corrected chi connectivity index (χ3v) is 6.49. The number of nitrogens with zero attached hydrogens (tertiary/aromatic N) is 1. The van der Waals surface area contributed by atoms with Crippen molar-refractivity contribution in [1.82, 2.24) is 9.62 Å². The second-order valence-corrected chi connectivity index (χ2v) is 8.79. The minimum Gasteiger partial charge on any atom is -0.468 e. The van der Waals surface area contributed by atoms with Crippen molar-refractivity contribution < 1.29 is 17.6 Å². The standard InChI is InChI=1S/C23H22N2O4S/c26-23(25-14-12-19(13-15-25)18-5-2-1-3-6-18)20-8-10-22(11-9-20)30(27,28)24-17-21-7-4-16-29-21/h1-12,16,24H,13-15,17H2. The molecule has 0 fully saturated rings. The van der Waals surface area contributed by atoms with Gasteiger partial charge in [-0.05, 0) is 54.0 Å². The summed E-state index contributed by atoms with van der Waals surface area (Å²) in [5.41, 5.74) is 2.89. The predicted molar refractivity (Wildman–Crippen MR) is 114 cm³/mol. The van der Waals surface area contributed by atoms with E-state index in [9.17, 15) is 13.2 Å². The van der Waals surface area contributed by atoms with Crippen molar-refractivity contribution in [2.75, 3.05) is 13.1 Å². The quantitative estimate of drug-likeness (QED) is 0.657. The van der Waals surface area contributed by atoms with Gasteiger partial charge >= 0.3 is 0 Å². The van der Waals surface area contributed by atoms with E-state index in [1.54, 1.807) is 29.2 Å². The van der Waals surface area contributed by atoms with Gasteiger partial charge in [0.05, 0.1) is 17.7 Å². The fourth-order valence-electron chi connectivity index (χ4n) is 3.39. The number of rotatable bonds is 6. The van der Waals surface area contributed by atoms with Crippen LogP contribution in [0.1, 0.15) is 28.1 Å². The highest BCUT2D eigenvalue weighted by atomic mass is 32.2.